The first-order chi connectivity index (χ1) is 35.2. The lowest BCUT2D eigenvalue weighted by Crippen LogP contribution is -2.01. The number of fused-ring (bicyclic) bond motifs is 6. The Bertz CT molecular complexity index is 4260. The second kappa shape index (κ2) is 13.3. The van der Waals surface area contributed by atoms with Crippen LogP contribution in [0.15, 0.2) is 194 Å². The quantitative estimate of drug-likeness (QED) is 0.170. The van der Waals surface area contributed by atoms with Crippen LogP contribution in [0.1, 0.15) is 24.7 Å². The zero-order valence-corrected chi connectivity index (χ0v) is 29.6. The summed E-state index contributed by atoms with van der Waals surface area (Å²) >= 11 is 0.855. The van der Waals surface area contributed by atoms with Crippen LogP contribution in [-0.2, 0) is 0 Å². The van der Waals surface area contributed by atoms with Gasteiger partial charge in [-0.2, -0.15) is 0 Å². The monoisotopic (exact) mass is 750 g/mol. The van der Waals surface area contributed by atoms with E-state index < -0.39 is 114 Å². The van der Waals surface area contributed by atoms with Gasteiger partial charge in [-0.1, -0.05) is 145 Å². The summed E-state index contributed by atoms with van der Waals surface area (Å²) in [7, 11) is 0. The molecular weight excluding hydrogens is 701 g/mol. The van der Waals surface area contributed by atoms with Gasteiger partial charge in [0.1, 0.15) is 0 Å². The van der Waals surface area contributed by atoms with Crippen molar-refractivity contribution < 1.29 is 24.7 Å². The number of thiophene rings is 1. The van der Waals surface area contributed by atoms with Crippen molar-refractivity contribution in [1.29, 1.82) is 0 Å². The zero-order valence-electron chi connectivity index (χ0n) is 46.8. The summed E-state index contributed by atoms with van der Waals surface area (Å²) in [5.41, 5.74) is 2.20. The van der Waals surface area contributed by atoms with E-state index in [9.17, 15) is 4.11 Å². The first kappa shape index (κ1) is 18.9. The molecule has 0 amide bonds. The van der Waals surface area contributed by atoms with Gasteiger partial charge in [0.15, 0.2) is 17.5 Å². The lowest BCUT2D eigenvalue weighted by Gasteiger charge is -2.13. The predicted octanol–water partition coefficient (Wildman–Crippen LogP) is 13.7. The minimum atomic E-state index is -0.739. The second-order valence-corrected chi connectivity index (χ2v) is 13.7. The highest BCUT2D eigenvalue weighted by Crippen LogP contribution is 2.41. The summed E-state index contributed by atoms with van der Waals surface area (Å²) in [5, 5.41) is -0.570. The maximum Gasteiger partial charge on any atom is 0.165 e. The van der Waals surface area contributed by atoms with Gasteiger partial charge in [0.2, 0.25) is 0 Å². The molecule has 0 fully saturated rings. The summed E-state index contributed by atoms with van der Waals surface area (Å²) in [4.78, 5) is 14.6. The molecule has 0 aliphatic heterocycles. The van der Waals surface area contributed by atoms with Gasteiger partial charge in [0.05, 0.1) is 35.7 Å². The highest BCUT2D eigenvalue weighted by Gasteiger charge is 2.20. The SMILES string of the molecule is [2H]c1cc2c(c([2H])c1-c1nc(-c3ccccc3-c3ccc(-c4ccccc4)cc3)nc(-c3c([2H])c([2H])c([2H])c4c3sc3c([2H])c([2H])c([2H])c([2H])c34)n1)c1c([2H])c([2H])c([2H])c([2H])c1n2-c1c([2H])c([2H])c([2H])c([2H])c1[2H]. The third-order valence-corrected chi connectivity index (χ3v) is 10.6. The standard InChI is InChI=1S/C51H32N4S/c1-3-14-33(15-4-1)34-26-28-35(29-27-34)38-18-7-8-21-42(38)50-52-49(53-51(54-50)43-23-13-22-41-40-20-10-12-25-47(40)56-48(41)43)36-30-31-46-44(32-36)39-19-9-11-24-45(39)55(46)37-16-5-2-6-17-37/h1-32H/i2D,5D,6D,9D,10D,11D,12D,13D,16D,17D,19D,20D,22D,23D,24D,25D,30D,32D. The lowest BCUT2D eigenvalue weighted by molar-refractivity contribution is 1.08. The molecular formula is C51H32N4S. The molecule has 5 heteroatoms. The summed E-state index contributed by atoms with van der Waals surface area (Å²) in [5.74, 6) is -0.721. The van der Waals surface area contributed by atoms with Gasteiger partial charge in [0, 0.05) is 53.3 Å². The molecule has 0 N–H and O–H groups in total. The Hall–Kier alpha value is -7.21. The lowest BCUT2D eigenvalue weighted by atomic mass is 9.96. The minimum absolute atomic E-state index is 0.0399. The summed E-state index contributed by atoms with van der Waals surface area (Å²) in [6.07, 6.45) is 0. The number of rotatable bonds is 6. The first-order valence-electron chi connectivity index (χ1n) is 26.3. The van der Waals surface area contributed by atoms with Gasteiger partial charge in [0.25, 0.3) is 0 Å². The molecule has 0 saturated carbocycles. The molecule has 0 aliphatic rings. The third-order valence-electron chi connectivity index (χ3n) is 9.44. The van der Waals surface area contributed by atoms with Crippen molar-refractivity contribution >= 4 is 53.3 Å². The van der Waals surface area contributed by atoms with E-state index in [-0.39, 0.29) is 70.6 Å². The largest absolute Gasteiger partial charge is 0.309 e. The highest BCUT2D eigenvalue weighted by atomic mass is 32.1. The van der Waals surface area contributed by atoms with Gasteiger partial charge in [-0.05, 0) is 70.6 Å². The Morgan fingerprint density at radius 3 is 1.89 bits per heavy atom. The molecule has 11 aromatic rings. The van der Waals surface area contributed by atoms with E-state index >= 15 is 0 Å². The van der Waals surface area contributed by atoms with Gasteiger partial charge in [-0.15, -0.1) is 11.3 Å². The average Bonchev–Trinajstić information content (AvgIpc) is 3.97. The van der Waals surface area contributed by atoms with Crippen molar-refractivity contribution in [3.05, 3.63) is 194 Å². The van der Waals surface area contributed by atoms with Crippen LogP contribution in [0, 0.1) is 0 Å². The predicted molar refractivity (Wildman–Crippen MR) is 234 cm³/mol. The zero-order chi connectivity index (χ0) is 52.7. The maximum atomic E-state index is 9.96. The van der Waals surface area contributed by atoms with Crippen molar-refractivity contribution in [1.82, 2.24) is 19.5 Å². The van der Waals surface area contributed by atoms with Crippen LogP contribution in [-0.4, -0.2) is 19.5 Å². The van der Waals surface area contributed by atoms with Crippen molar-refractivity contribution in [2.45, 2.75) is 0 Å². The molecule has 0 radical (unpaired) electrons. The molecule has 3 heterocycles. The maximum absolute atomic E-state index is 9.96. The summed E-state index contributed by atoms with van der Waals surface area (Å²) in [6, 6.07) is 14.8. The van der Waals surface area contributed by atoms with Crippen molar-refractivity contribution in [3.8, 4) is 62.1 Å². The molecule has 0 unspecified atom stereocenters. The molecule has 8 aromatic carbocycles. The molecule has 3 aromatic heterocycles. The number of hydrogen-bond acceptors (Lipinski definition) is 4. The van der Waals surface area contributed by atoms with Gasteiger partial charge < -0.3 is 4.57 Å². The van der Waals surface area contributed by atoms with Crippen LogP contribution in [0.2, 0.25) is 0 Å². The Morgan fingerprint density at radius 2 is 1.05 bits per heavy atom. The Labute approximate surface area is 353 Å². The fourth-order valence-corrected chi connectivity index (χ4v) is 7.96. The normalized spacial score (nSPS) is 16.1. The number of para-hydroxylation sites is 2. The van der Waals surface area contributed by atoms with E-state index in [4.69, 9.17) is 35.5 Å². The van der Waals surface area contributed by atoms with E-state index in [1.165, 1.54) is 6.07 Å². The summed E-state index contributed by atoms with van der Waals surface area (Å²) in [6.45, 7) is 0. The smallest absolute Gasteiger partial charge is 0.165 e. The molecule has 0 saturated heterocycles. The number of benzene rings is 8. The van der Waals surface area contributed by atoms with Crippen LogP contribution in [0.3, 0.4) is 0 Å². The fourth-order valence-electron chi connectivity index (χ4n) is 6.90. The number of nitrogens with zero attached hydrogens (tertiary/aromatic N) is 4. The molecule has 0 aliphatic carbocycles. The average molecular weight is 751 g/mol. The van der Waals surface area contributed by atoms with Crippen LogP contribution in [0.5, 0.6) is 0 Å². The molecule has 0 bridgehead atoms. The number of aromatic nitrogens is 4. The van der Waals surface area contributed by atoms with E-state index in [0.29, 0.717) is 11.1 Å². The molecule has 0 spiro atoms. The molecule has 262 valence electrons. The van der Waals surface area contributed by atoms with Gasteiger partial charge >= 0.3 is 0 Å². The van der Waals surface area contributed by atoms with Gasteiger partial charge in [-0.3, -0.25) is 0 Å². The van der Waals surface area contributed by atoms with Crippen molar-refractivity contribution in [2.24, 2.45) is 0 Å². The Kier molecular flexibility index (Phi) is 4.48. The van der Waals surface area contributed by atoms with E-state index in [1.807, 2.05) is 60.7 Å². The third kappa shape index (κ3) is 5.40. The number of hydrogen-bond donors (Lipinski definition) is 0. The first-order valence-corrected chi connectivity index (χ1v) is 18.1. The van der Waals surface area contributed by atoms with E-state index in [2.05, 4.69) is 0 Å². The second-order valence-electron chi connectivity index (χ2n) is 12.6. The van der Waals surface area contributed by atoms with Crippen molar-refractivity contribution in [3.63, 3.8) is 0 Å². The summed E-state index contributed by atoms with van der Waals surface area (Å²) < 4.78 is 161. The minimum Gasteiger partial charge on any atom is -0.309 e. The van der Waals surface area contributed by atoms with Crippen LogP contribution in [0.4, 0.5) is 0 Å². The van der Waals surface area contributed by atoms with Crippen LogP contribution in [0.25, 0.3) is 104 Å². The van der Waals surface area contributed by atoms with Gasteiger partial charge in [-0.25, -0.2) is 15.0 Å². The molecule has 4 nitrogen and oxygen atoms in total. The molecule has 0 atom stereocenters. The topological polar surface area (TPSA) is 43.6 Å². The fraction of sp³-hybridized carbons (Fsp3) is 0. The van der Waals surface area contributed by atoms with E-state index in [0.717, 1.165) is 32.6 Å². The highest BCUT2D eigenvalue weighted by molar-refractivity contribution is 7.26. The van der Waals surface area contributed by atoms with Crippen molar-refractivity contribution in [2.75, 3.05) is 0 Å². The van der Waals surface area contributed by atoms with Crippen LogP contribution >= 0.6 is 11.3 Å². The van der Waals surface area contributed by atoms with Crippen LogP contribution < -0.4 is 0 Å². The Balaban J connectivity index is 1.26. The molecule has 56 heavy (non-hydrogen) atoms. The van der Waals surface area contributed by atoms with E-state index in [1.54, 1.807) is 18.2 Å². The molecule has 11 rings (SSSR count). The Morgan fingerprint density at radius 1 is 0.411 bits per heavy atom.